The molecule has 4 heterocycles. The number of likely N-dealkylation sites (tertiary alicyclic amines) is 1. The summed E-state index contributed by atoms with van der Waals surface area (Å²) in [6, 6.07) is 0.562. The standard InChI is InChI=1S/C17H27N7O/c1-12(2)24-9-13(7-18-24)8-22-4-5-23-16(11-22)19-20-17(23)15-6-14(25)10-21(15)3/h7,9,12,14-15,25H,4-6,8,10-11H2,1-3H3/t14-,15+/m1/s1. The van der Waals surface area contributed by atoms with Gasteiger partial charge in [-0.05, 0) is 27.3 Å². The fraction of sp³-hybridized carbons (Fsp3) is 0.706. The van der Waals surface area contributed by atoms with E-state index < -0.39 is 0 Å². The number of hydrogen-bond donors (Lipinski definition) is 1. The Bertz CT molecular complexity index is 737. The molecule has 0 bridgehead atoms. The van der Waals surface area contributed by atoms with Crippen LogP contribution in [-0.2, 0) is 19.6 Å². The molecule has 2 aliphatic rings. The quantitative estimate of drug-likeness (QED) is 0.884. The lowest BCUT2D eigenvalue weighted by Crippen LogP contribution is -2.34. The Morgan fingerprint density at radius 3 is 2.80 bits per heavy atom. The summed E-state index contributed by atoms with van der Waals surface area (Å²) in [5.41, 5.74) is 1.24. The van der Waals surface area contributed by atoms with E-state index in [0.717, 1.165) is 44.2 Å². The van der Waals surface area contributed by atoms with Crippen molar-refractivity contribution in [3.05, 3.63) is 29.6 Å². The molecule has 8 heteroatoms. The molecule has 0 amide bonds. The Balaban J connectivity index is 1.45. The Hall–Kier alpha value is -1.77. The molecule has 0 radical (unpaired) electrons. The maximum absolute atomic E-state index is 9.90. The number of aliphatic hydroxyl groups is 1. The zero-order valence-corrected chi connectivity index (χ0v) is 15.2. The highest BCUT2D eigenvalue weighted by Gasteiger charge is 2.34. The molecule has 1 saturated heterocycles. The molecule has 136 valence electrons. The summed E-state index contributed by atoms with van der Waals surface area (Å²) in [5.74, 6) is 2.02. The van der Waals surface area contributed by atoms with Crippen LogP contribution in [0.3, 0.4) is 0 Å². The van der Waals surface area contributed by atoms with Crippen LogP contribution in [0.5, 0.6) is 0 Å². The number of fused-ring (bicyclic) bond motifs is 1. The lowest BCUT2D eigenvalue weighted by Gasteiger charge is -2.28. The molecule has 0 spiro atoms. The summed E-state index contributed by atoms with van der Waals surface area (Å²) in [7, 11) is 2.05. The molecule has 8 nitrogen and oxygen atoms in total. The van der Waals surface area contributed by atoms with Gasteiger partial charge >= 0.3 is 0 Å². The molecule has 0 aliphatic carbocycles. The highest BCUT2D eigenvalue weighted by Crippen LogP contribution is 2.31. The number of rotatable bonds is 4. The van der Waals surface area contributed by atoms with Crippen LogP contribution in [0.25, 0.3) is 0 Å². The second kappa shape index (κ2) is 6.51. The van der Waals surface area contributed by atoms with Gasteiger partial charge in [0.15, 0.2) is 5.82 Å². The number of aromatic nitrogens is 5. The molecular formula is C17H27N7O. The molecule has 1 fully saturated rings. The van der Waals surface area contributed by atoms with Gasteiger partial charge in [-0.3, -0.25) is 14.5 Å². The van der Waals surface area contributed by atoms with Gasteiger partial charge in [0.05, 0.1) is 24.9 Å². The third-order valence-electron chi connectivity index (χ3n) is 5.28. The summed E-state index contributed by atoms with van der Waals surface area (Å²) in [5, 5.41) is 23.2. The van der Waals surface area contributed by atoms with Crippen LogP contribution in [0.2, 0.25) is 0 Å². The van der Waals surface area contributed by atoms with E-state index in [2.05, 4.69) is 49.7 Å². The molecule has 0 aromatic carbocycles. The summed E-state index contributed by atoms with van der Waals surface area (Å²) in [6.07, 6.45) is 4.57. The second-order valence-corrected chi connectivity index (χ2v) is 7.60. The van der Waals surface area contributed by atoms with E-state index in [0.29, 0.717) is 12.6 Å². The van der Waals surface area contributed by atoms with E-state index in [1.165, 1.54) is 5.56 Å². The minimum absolute atomic E-state index is 0.173. The van der Waals surface area contributed by atoms with Gasteiger partial charge in [-0.15, -0.1) is 10.2 Å². The highest BCUT2D eigenvalue weighted by molar-refractivity contribution is 5.09. The molecule has 1 N–H and O–H groups in total. The SMILES string of the molecule is CC(C)n1cc(CN2CCn3c(nnc3[C@@H]3C[C@@H](O)CN3C)C2)cn1. The maximum atomic E-state index is 9.90. The molecule has 0 unspecified atom stereocenters. The Labute approximate surface area is 148 Å². The van der Waals surface area contributed by atoms with Crippen LogP contribution >= 0.6 is 0 Å². The fourth-order valence-electron chi connectivity index (χ4n) is 3.89. The zero-order chi connectivity index (χ0) is 17.6. The Morgan fingerprint density at radius 2 is 2.12 bits per heavy atom. The van der Waals surface area contributed by atoms with Crippen molar-refractivity contribution in [2.45, 2.75) is 58.1 Å². The molecule has 2 aromatic rings. The van der Waals surface area contributed by atoms with Gasteiger partial charge in [-0.25, -0.2) is 0 Å². The zero-order valence-electron chi connectivity index (χ0n) is 15.2. The minimum atomic E-state index is -0.263. The fourth-order valence-corrected chi connectivity index (χ4v) is 3.89. The molecule has 2 atom stereocenters. The summed E-state index contributed by atoms with van der Waals surface area (Å²) in [6.45, 7) is 8.55. The second-order valence-electron chi connectivity index (χ2n) is 7.60. The minimum Gasteiger partial charge on any atom is -0.392 e. The topological polar surface area (TPSA) is 75.2 Å². The monoisotopic (exact) mass is 345 g/mol. The molecule has 4 rings (SSSR count). The van der Waals surface area contributed by atoms with Gasteiger partial charge in [0.2, 0.25) is 0 Å². The van der Waals surface area contributed by atoms with Crippen molar-refractivity contribution in [1.29, 1.82) is 0 Å². The van der Waals surface area contributed by atoms with Crippen LogP contribution < -0.4 is 0 Å². The average molecular weight is 345 g/mol. The van der Waals surface area contributed by atoms with E-state index in [1.807, 2.05) is 17.9 Å². The van der Waals surface area contributed by atoms with Gasteiger partial charge in [-0.2, -0.15) is 5.10 Å². The van der Waals surface area contributed by atoms with Crippen molar-refractivity contribution >= 4 is 0 Å². The van der Waals surface area contributed by atoms with Crippen molar-refractivity contribution in [3.8, 4) is 0 Å². The van der Waals surface area contributed by atoms with Crippen molar-refractivity contribution in [3.63, 3.8) is 0 Å². The largest absolute Gasteiger partial charge is 0.392 e. The molecule has 2 aromatic heterocycles. The normalized spacial score (nSPS) is 25.0. The van der Waals surface area contributed by atoms with Gasteiger partial charge in [0.1, 0.15) is 5.82 Å². The predicted octanol–water partition coefficient (Wildman–Crippen LogP) is 0.809. The maximum Gasteiger partial charge on any atom is 0.150 e. The van der Waals surface area contributed by atoms with Gasteiger partial charge in [0.25, 0.3) is 0 Å². The third-order valence-corrected chi connectivity index (χ3v) is 5.28. The van der Waals surface area contributed by atoms with E-state index in [9.17, 15) is 5.11 Å². The van der Waals surface area contributed by atoms with Crippen LogP contribution in [0.15, 0.2) is 12.4 Å². The van der Waals surface area contributed by atoms with Gasteiger partial charge < -0.3 is 9.67 Å². The lowest BCUT2D eigenvalue weighted by atomic mass is 10.2. The number of β-amino-alcohol motifs (C(OH)–C–C–N with tert-alkyl or cyclic N) is 1. The first-order chi connectivity index (χ1) is 12.0. The van der Waals surface area contributed by atoms with E-state index >= 15 is 0 Å². The predicted molar refractivity (Wildman–Crippen MR) is 92.7 cm³/mol. The molecule has 0 saturated carbocycles. The molecular weight excluding hydrogens is 318 g/mol. The molecule has 2 aliphatic heterocycles. The Kier molecular flexibility index (Phi) is 4.35. The van der Waals surface area contributed by atoms with Crippen molar-refractivity contribution in [2.24, 2.45) is 0 Å². The summed E-state index contributed by atoms with van der Waals surface area (Å²) in [4.78, 5) is 4.57. The van der Waals surface area contributed by atoms with Crippen molar-refractivity contribution in [2.75, 3.05) is 20.1 Å². The van der Waals surface area contributed by atoms with Crippen molar-refractivity contribution in [1.82, 2.24) is 34.3 Å². The average Bonchev–Trinajstić information content (AvgIpc) is 3.26. The van der Waals surface area contributed by atoms with Crippen LogP contribution in [0, 0.1) is 0 Å². The first-order valence-corrected chi connectivity index (χ1v) is 9.07. The lowest BCUT2D eigenvalue weighted by molar-refractivity contribution is 0.182. The van der Waals surface area contributed by atoms with E-state index in [1.54, 1.807) is 0 Å². The number of hydrogen-bond acceptors (Lipinski definition) is 6. The van der Waals surface area contributed by atoms with E-state index in [-0.39, 0.29) is 12.1 Å². The van der Waals surface area contributed by atoms with Crippen LogP contribution in [0.1, 0.15) is 49.6 Å². The first kappa shape index (κ1) is 16.7. The Morgan fingerprint density at radius 1 is 1.28 bits per heavy atom. The smallest absolute Gasteiger partial charge is 0.150 e. The molecule has 25 heavy (non-hydrogen) atoms. The number of nitrogens with zero attached hydrogens (tertiary/aromatic N) is 7. The summed E-state index contributed by atoms with van der Waals surface area (Å²) >= 11 is 0. The first-order valence-electron chi connectivity index (χ1n) is 9.07. The summed E-state index contributed by atoms with van der Waals surface area (Å²) < 4.78 is 4.24. The van der Waals surface area contributed by atoms with Gasteiger partial charge in [0, 0.05) is 44.0 Å². The number of aliphatic hydroxyl groups excluding tert-OH is 1. The van der Waals surface area contributed by atoms with Crippen LogP contribution in [0.4, 0.5) is 0 Å². The third kappa shape index (κ3) is 3.21. The van der Waals surface area contributed by atoms with Crippen molar-refractivity contribution < 1.29 is 5.11 Å². The highest BCUT2D eigenvalue weighted by atomic mass is 16.3. The van der Waals surface area contributed by atoms with Gasteiger partial charge in [-0.1, -0.05) is 0 Å². The van der Waals surface area contributed by atoms with Crippen LogP contribution in [-0.4, -0.2) is 65.7 Å². The van der Waals surface area contributed by atoms with E-state index in [4.69, 9.17) is 0 Å². The number of likely N-dealkylation sites (N-methyl/N-ethyl adjacent to an activating group) is 1.